The first-order valence-electron chi connectivity index (χ1n) is 7.52. The molecule has 3 rings (SSSR count). The molecule has 3 aromatic rings. The molecule has 0 aliphatic rings. The van der Waals surface area contributed by atoms with Crippen molar-refractivity contribution in [2.24, 2.45) is 0 Å². The number of aromatic nitrogens is 3. The Morgan fingerprint density at radius 2 is 2.17 bits per heavy atom. The molecule has 5 nitrogen and oxygen atoms in total. The smallest absolute Gasteiger partial charge is 0.136 e. The van der Waals surface area contributed by atoms with Gasteiger partial charge in [-0.25, -0.2) is 9.37 Å². The minimum atomic E-state index is -0.336. The highest BCUT2D eigenvalue weighted by Crippen LogP contribution is 2.28. The van der Waals surface area contributed by atoms with Crippen LogP contribution in [0, 0.1) is 12.7 Å². The average Bonchev–Trinajstić information content (AvgIpc) is 3.16. The largest absolute Gasteiger partial charge is 0.497 e. The molecule has 2 aromatic heterocycles. The molecule has 0 amide bonds. The van der Waals surface area contributed by atoms with E-state index in [1.807, 2.05) is 14.0 Å². The fraction of sp³-hybridized carbons (Fsp3) is 0.294. The minimum absolute atomic E-state index is 0.336. The molecule has 0 saturated carbocycles. The Hall–Kier alpha value is -2.25. The molecule has 1 aromatic carbocycles. The quantitative estimate of drug-likeness (QED) is 0.741. The summed E-state index contributed by atoms with van der Waals surface area (Å²) in [5, 5.41) is 10.1. The first-order chi connectivity index (χ1) is 11.6. The minimum Gasteiger partial charge on any atom is -0.497 e. The van der Waals surface area contributed by atoms with Gasteiger partial charge in [-0.3, -0.25) is 10.00 Å². The van der Waals surface area contributed by atoms with E-state index < -0.39 is 0 Å². The van der Waals surface area contributed by atoms with Gasteiger partial charge in [0.2, 0.25) is 0 Å². The number of aryl methyl sites for hydroxylation is 1. The Labute approximate surface area is 144 Å². The van der Waals surface area contributed by atoms with E-state index in [0.29, 0.717) is 23.6 Å². The molecule has 0 fully saturated rings. The van der Waals surface area contributed by atoms with Crippen LogP contribution in [0.3, 0.4) is 0 Å². The molecular formula is C17H19FN4OS. The van der Waals surface area contributed by atoms with Crippen molar-refractivity contribution in [2.45, 2.75) is 20.0 Å². The summed E-state index contributed by atoms with van der Waals surface area (Å²) in [5.41, 5.74) is 3.16. The summed E-state index contributed by atoms with van der Waals surface area (Å²) >= 11 is 1.64. The van der Waals surface area contributed by atoms with Crippen LogP contribution < -0.4 is 4.74 Å². The highest BCUT2D eigenvalue weighted by molar-refractivity contribution is 7.09. The molecule has 0 unspecified atom stereocenters. The number of methoxy groups -OCH3 is 1. The van der Waals surface area contributed by atoms with E-state index in [-0.39, 0.29) is 5.82 Å². The third-order valence-corrected chi connectivity index (χ3v) is 4.52. The normalized spacial score (nSPS) is 11.2. The predicted octanol–water partition coefficient (Wildman–Crippen LogP) is 3.62. The van der Waals surface area contributed by atoms with Crippen LogP contribution in [-0.2, 0) is 13.1 Å². The van der Waals surface area contributed by atoms with Gasteiger partial charge in [0.15, 0.2) is 0 Å². The number of rotatable bonds is 6. The molecule has 0 radical (unpaired) electrons. The standard InChI is InChI=1S/C17H19FN4OS/c1-11-20-13(10-24-11)9-22(2)8-12-7-19-21-17(12)15-5-4-14(23-3)6-16(15)18/h4-7,10H,8-9H2,1-3H3,(H,19,21). The molecule has 0 spiro atoms. The highest BCUT2D eigenvalue weighted by Gasteiger charge is 2.15. The fourth-order valence-electron chi connectivity index (χ4n) is 2.59. The van der Waals surface area contributed by atoms with Gasteiger partial charge in [-0.1, -0.05) is 0 Å². The number of H-pyrrole nitrogens is 1. The van der Waals surface area contributed by atoms with Gasteiger partial charge in [0.05, 0.1) is 29.7 Å². The lowest BCUT2D eigenvalue weighted by Crippen LogP contribution is -2.17. The number of thiazole rings is 1. The molecule has 2 heterocycles. The third-order valence-electron chi connectivity index (χ3n) is 3.70. The summed E-state index contributed by atoms with van der Waals surface area (Å²) in [7, 11) is 3.53. The van der Waals surface area contributed by atoms with Gasteiger partial charge in [0.1, 0.15) is 11.6 Å². The first-order valence-corrected chi connectivity index (χ1v) is 8.40. The summed E-state index contributed by atoms with van der Waals surface area (Å²) in [6.07, 6.45) is 1.74. The fourth-order valence-corrected chi connectivity index (χ4v) is 3.20. The molecule has 0 atom stereocenters. The topological polar surface area (TPSA) is 54.0 Å². The number of ether oxygens (including phenoxy) is 1. The number of nitrogens with one attached hydrogen (secondary N) is 1. The molecule has 7 heteroatoms. The van der Waals surface area contributed by atoms with Crippen molar-refractivity contribution in [3.8, 4) is 17.0 Å². The van der Waals surface area contributed by atoms with Gasteiger partial charge in [-0.15, -0.1) is 11.3 Å². The van der Waals surface area contributed by atoms with E-state index in [9.17, 15) is 4.39 Å². The summed E-state index contributed by atoms with van der Waals surface area (Å²) in [5.74, 6) is 0.158. The van der Waals surface area contributed by atoms with Crippen LogP contribution >= 0.6 is 11.3 Å². The second-order valence-electron chi connectivity index (χ2n) is 5.65. The van der Waals surface area contributed by atoms with Gasteiger partial charge in [-0.2, -0.15) is 5.10 Å². The summed E-state index contributed by atoms with van der Waals surface area (Å²) in [4.78, 5) is 6.60. The maximum absolute atomic E-state index is 14.3. The Balaban J connectivity index is 1.77. The molecule has 0 bridgehead atoms. The van der Waals surface area contributed by atoms with Crippen LogP contribution in [0.1, 0.15) is 16.3 Å². The maximum atomic E-state index is 14.3. The zero-order valence-corrected chi connectivity index (χ0v) is 14.7. The van der Waals surface area contributed by atoms with Crippen molar-refractivity contribution in [1.29, 1.82) is 0 Å². The van der Waals surface area contributed by atoms with Gasteiger partial charge < -0.3 is 4.74 Å². The highest BCUT2D eigenvalue weighted by atomic mass is 32.1. The van der Waals surface area contributed by atoms with Gasteiger partial charge in [0.25, 0.3) is 0 Å². The Kier molecular flexibility index (Phi) is 4.92. The first kappa shape index (κ1) is 16.6. The van der Waals surface area contributed by atoms with Crippen molar-refractivity contribution < 1.29 is 9.13 Å². The van der Waals surface area contributed by atoms with Crippen molar-refractivity contribution in [3.05, 3.63) is 51.9 Å². The number of hydrogen-bond donors (Lipinski definition) is 1. The molecule has 1 N–H and O–H groups in total. The summed E-state index contributed by atoms with van der Waals surface area (Å²) in [6.45, 7) is 3.38. The molecular weight excluding hydrogens is 327 g/mol. The van der Waals surface area contributed by atoms with Crippen LogP contribution in [0.25, 0.3) is 11.3 Å². The second kappa shape index (κ2) is 7.11. The van der Waals surface area contributed by atoms with Gasteiger partial charge in [-0.05, 0) is 26.1 Å². The maximum Gasteiger partial charge on any atom is 0.136 e. The average molecular weight is 346 g/mol. The number of nitrogens with zero attached hydrogens (tertiary/aromatic N) is 3. The monoisotopic (exact) mass is 346 g/mol. The summed E-state index contributed by atoms with van der Waals surface area (Å²) < 4.78 is 19.4. The second-order valence-corrected chi connectivity index (χ2v) is 6.71. The molecule has 24 heavy (non-hydrogen) atoms. The van der Waals surface area contributed by atoms with Crippen LogP contribution in [-0.4, -0.2) is 34.2 Å². The Bertz CT molecular complexity index is 830. The Morgan fingerprint density at radius 3 is 2.83 bits per heavy atom. The Morgan fingerprint density at radius 1 is 1.33 bits per heavy atom. The lowest BCUT2D eigenvalue weighted by atomic mass is 10.1. The lowest BCUT2D eigenvalue weighted by molar-refractivity contribution is 0.316. The van der Waals surface area contributed by atoms with E-state index in [0.717, 1.165) is 22.8 Å². The lowest BCUT2D eigenvalue weighted by Gasteiger charge is -2.15. The van der Waals surface area contributed by atoms with Gasteiger partial charge in [0, 0.05) is 35.7 Å². The molecule has 126 valence electrons. The number of aromatic amines is 1. The van der Waals surface area contributed by atoms with Crippen LogP contribution in [0.15, 0.2) is 29.8 Å². The zero-order chi connectivity index (χ0) is 17.1. The van der Waals surface area contributed by atoms with E-state index in [1.54, 1.807) is 29.7 Å². The van der Waals surface area contributed by atoms with Gasteiger partial charge >= 0.3 is 0 Å². The predicted molar refractivity (Wildman–Crippen MR) is 92.6 cm³/mol. The van der Waals surface area contributed by atoms with Crippen LogP contribution in [0.5, 0.6) is 5.75 Å². The number of halogens is 1. The van der Waals surface area contributed by atoms with E-state index >= 15 is 0 Å². The molecule has 0 saturated heterocycles. The van der Waals surface area contributed by atoms with E-state index in [1.165, 1.54) is 13.2 Å². The number of benzene rings is 1. The molecule has 0 aliphatic heterocycles. The van der Waals surface area contributed by atoms with Crippen molar-refractivity contribution in [1.82, 2.24) is 20.1 Å². The van der Waals surface area contributed by atoms with Crippen molar-refractivity contribution in [3.63, 3.8) is 0 Å². The molecule has 0 aliphatic carbocycles. The van der Waals surface area contributed by atoms with Crippen molar-refractivity contribution >= 4 is 11.3 Å². The van der Waals surface area contributed by atoms with Crippen LogP contribution in [0.4, 0.5) is 4.39 Å². The number of hydrogen-bond acceptors (Lipinski definition) is 5. The SMILES string of the molecule is COc1ccc(-c2[nH]ncc2CN(C)Cc2csc(C)n2)c(F)c1. The van der Waals surface area contributed by atoms with E-state index in [2.05, 4.69) is 25.5 Å². The third kappa shape index (κ3) is 3.63. The van der Waals surface area contributed by atoms with Crippen LogP contribution in [0.2, 0.25) is 0 Å². The van der Waals surface area contributed by atoms with E-state index in [4.69, 9.17) is 4.74 Å². The zero-order valence-electron chi connectivity index (χ0n) is 13.8. The van der Waals surface area contributed by atoms with Crippen molar-refractivity contribution in [2.75, 3.05) is 14.2 Å². The summed E-state index contributed by atoms with van der Waals surface area (Å²) in [6, 6.07) is 4.82.